The lowest BCUT2D eigenvalue weighted by molar-refractivity contribution is 0.628. The molecular weight excluding hydrogens is 261 g/mol. The van der Waals surface area contributed by atoms with Gasteiger partial charge in [-0.15, -0.1) is 0 Å². The summed E-state index contributed by atoms with van der Waals surface area (Å²) in [6, 6.07) is 12.4. The van der Waals surface area contributed by atoms with E-state index >= 15 is 0 Å². The molecule has 2 aromatic carbocycles. The van der Waals surface area contributed by atoms with Crippen molar-refractivity contribution in [2.75, 3.05) is 6.54 Å². The summed E-state index contributed by atoms with van der Waals surface area (Å²) in [5.74, 6) is -0.219. The third kappa shape index (κ3) is 3.79. The first kappa shape index (κ1) is 14.0. The van der Waals surface area contributed by atoms with Crippen LogP contribution in [0.3, 0.4) is 0 Å². The minimum Gasteiger partial charge on any atom is -0.313 e. The van der Waals surface area contributed by atoms with E-state index in [-0.39, 0.29) is 5.82 Å². The van der Waals surface area contributed by atoms with Gasteiger partial charge in [0.25, 0.3) is 0 Å². The number of benzene rings is 2. The zero-order valence-electron chi connectivity index (χ0n) is 10.9. The first-order chi connectivity index (χ1) is 9.20. The highest BCUT2D eigenvalue weighted by Gasteiger charge is 2.06. The molecule has 0 heterocycles. The minimum absolute atomic E-state index is 0.219. The molecule has 0 saturated carbocycles. The van der Waals surface area contributed by atoms with E-state index < -0.39 is 0 Å². The van der Waals surface area contributed by atoms with Gasteiger partial charge in [-0.05, 0) is 53.9 Å². The average molecular weight is 278 g/mol. The fraction of sp³-hybridized carbons (Fsp3) is 0.250. The summed E-state index contributed by atoms with van der Waals surface area (Å²) in [7, 11) is 0. The van der Waals surface area contributed by atoms with Gasteiger partial charge in [-0.2, -0.15) is 0 Å². The number of nitrogens with one attached hydrogen (secondary N) is 1. The molecule has 2 rings (SSSR count). The van der Waals surface area contributed by atoms with Crippen LogP contribution in [0, 0.1) is 5.82 Å². The molecule has 0 aliphatic heterocycles. The fourth-order valence-corrected chi connectivity index (χ4v) is 2.21. The molecule has 0 radical (unpaired) electrons. The zero-order valence-corrected chi connectivity index (χ0v) is 11.7. The lowest BCUT2D eigenvalue weighted by Gasteiger charge is -2.11. The Morgan fingerprint density at radius 3 is 2.53 bits per heavy atom. The topological polar surface area (TPSA) is 12.0 Å². The molecule has 0 amide bonds. The molecule has 1 nitrogen and oxygen atoms in total. The minimum atomic E-state index is -0.219. The van der Waals surface area contributed by atoms with Crippen molar-refractivity contribution in [1.82, 2.24) is 5.32 Å². The van der Waals surface area contributed by atoms with Crippen LogP contribution >= 0.6 is 11.6 Å². The summed E-state index contributed by atoms with van der Waals surface area (Å²) in [5.41, 5.74) is 3.23. The van der Waals surface area contributed by atoms with Crippen LogP contribution in [0.2, 0.25) is 5.02 Å². The Morgan fingerprint density at radius 1 is 1.11 bits per heavy atom. The Hall–Kier alpha value is -1.38. The molecular formula is C16H17ClFN. The van der Waals surface area contributed by atoms with Gasteiger partial charge < -0.3 is 5.32 Å². The molecule has 100 valence electrons. The molecule has 2 aromatic rings. The number of hydrogen-bond donors (Lipinski definition) is 1. The van der Waals surface area contributed by atoms with Crippen molar-refractivity contribution in [3.63, 3.8) is 0 Å². The largest absolute Gasteiger partial charge is 0.313 e. The van der Waals surface area contributed by atoms with E-state index in [0.717, 1.165) is 41.2 Å². The molecule has 0 atom stereocenters. The highest BCUT2D eigenvalue weighted by atomic mass is 35.5. The molecule has 0 fully saturated rings. The van der Waals surface area contributed by atoms with Crippen LogP contribution in [0.25, 0.3) is 11.1 Å². The monoisotopic (exact) mass is 277 g/mol. The standard InChI is InChI=1S/C16H17ClFN/c1-2-9-19-11-13-10-14(17)5-8-16(13)12-3-6-15(18)7-4-12/h3-8,10,19H,2,9,11H2,1H3. The number of rotatable bonds is 5. The molecule has 0 aliphatic rings. The van der Waals surface area contributed by atoms with Crippen LogP contribution in [0.15, 0.2) is 42.5 Å². The summed E-state index contributed by atoms with van der Waals surface area (Å²) < 4.78 is 13.0. The molecule has 0 aromatic heterocycles. The second-order valence-corrected chi connectivity index (χ2v) is 4.92. The number of halogens is 2. The Labute approximate surface area is 118 Å². The van der Waals surface area contributed by atoms with Crippen molar-refractivity contribution in [3.05, 3.63) is 58.9 Å². The summed E-state index contributed by atoms with van der Waals surface area (Å²) in [4.78, 5) is 0. The molecule has 19 heavy (non-hydrogen) atoms. The van der Waals surface area contributed by atoms with Gasteiger partial charge in [-0.3, -0.25) is 0 Å². The second-order valence-electron chi connectivity index (χ2n) is 4.49. The Kier molecular flexibility index (Phi) is 4.94. The third-order valence-electron chi connectivity index (χ3n) is 2.96. The maximum atomic E-state index is 13.0. The predicted molar refractivity (Wildman–Crippen MR) is 78.8 cm³/mol. The van der Waals surface area contributed by atoms with E-state index in [1.807, 2.05) is 18.2 Å². The molecule has 0 saturated heterocycles. The summed E-state index contributed by atoms with van der Waals surface area (Å²) in [5, 5.41) is 4.09. The fourth-order valence-electron chi connectivity index (χ4n) is 2.02. The third-order valence-corrected chi connectivity index (χ3v) is 3.20. The van der Waals surface area contributed by atoms with Gasteiger partial charge in [-0.25, -0.2) is 4.39 Å². The van der Waals surface area contributed by atoms with Crippen LogP contribution in [-0.4, -0.2) is 6.54 Å². The maximum Gasteiger partial charge on any atom is 0.123 e. The van der Waals surface area contributed by atoms with E-state index in [1.54, 1.807) is 12.1 Å². The van der Waals surface area contributed by atoms with Crippen molar-refractivity contribution in [2.45, 2.75) is 19.9 Å². The smallest absolute Gasteiger partial charge is 0.123 e. The zero-order chi connectivity index (χ0) is 13.7. The van der Waals surface area contributed by atoms with Gasteiger partial charge in [0.15, 0.2) is 0 Å². The van der Waals surface area contributed by atoms with Crippen LogP contribution in [0.1, 0.15) is 18.9 Å². The van der Waals surface area contributed by atoms with Gasteiger partial charge in [-0.1, -0.05) is 36.7 Å². The van der Waals surface area contributed by atoms with Gasteiger partial charge in [0, 0.05) is 11.6 Å². The molecule has 0 bridgehead atoms. The van der Waals surface area contributed by atoms with E-state index in [0.29, 0.717) is 0 Å². The van der Waals surface area contributed by atoms with Crippen molar-refractivity contribution >= 4 is 11.6 Å². The highest BCUT2D eigenvalue weighted by molar-refractivity contribution is 6.30. The first-order valence-electron chi connectivity index (χ1n) is 6.46. The molecule has 1 N–H and O–H groups in total. The molecule has 0 spiro atoms. The average Bonchev–Trinajstić information content (AvgIpc) is 2.41. The van der Waals surface area contributed by atoms with Crippen LogP contribution in [0.5, 0.6) is 0 Å². The lowest BCUT2D eigenvalue weighted by atomic mass is 9.99. The van der Waals surface area contributed by atoms with Crippen molar-refractivity contribution in [1.29, 1.82) is 0 Å². The Morgan fingerprint density at radius 2 is 1.84 bits per heavy atom. The number of hydrogen-bond acceptors (Lipinski definition) is 1. The van der Waals surface area contributed by atoms with Crippen LogP contribution in [0.4, 0.5) is 4.39 Å². The van der Waals surface area contributed by atoms with Gasteiger partial charge in [0.1, 0.15) is 5.82 Å². The molecule has 0 unspecified atom stereocenters. The predicted octanol–water partition coefficient (Wildman–Crippen LogP) is 4.65. The van der Waals surface area contributed by atoms with E-state index in [9.17, 15) is 4.39 Å². The second kappa shape index (κ2) is 6.69. The van der Waals surface area contributed by atoms with E-state index in [1.165, 1.54) is 12.1 Å². The first-order valence-corrected chi connectivity index (χ1v) is 6.83. The van der Waals surface area contributed by atoms with Crippen molar-refractivity contribution in [2.24, 2.45) is 0 Å². The van der Waals surface area contributed by atoms with Crippen LogP contribution in [-0.2, 0) is 6.54 Å². The summed E-state index contributed by atoms with van der Waals surface area (Å²) in [6.07, 6.45) is 1.09. The normalized spacial score (nSPS) is 10.7. The SMILES string of the molecule is CCCNCc1cc(Cl)ccc1-c1ccc(F)cc1. The van der Waals surface area contributed by atoms with E-state index in [4.69, 9.17) is 11.6 Å². The van der Waals surface area contributed by atoms with Gasteiger partial charge in [0.2, 0.25) is 0 Å². The maximum absolute atomic E-state index is 13.0. The molecule has 3 heteroatoms. The Bertz CT molecular complexity index is 537. The summed E-state index contributed by atoms with van der Waals surface area (Å²) >= 11 is 6.05. The quantitative estimate of drug-likeness (QED) is 0.785. The van der Waals surface area contributed by atoms with Crippen LogP contribution < -0.4 is 5.32 Å². The van der Waals surface area contributed by atoms with Crippen molar-refractivity contribution in [3.8, 4) is 11.1 Å². The Balaban J connectivity index is 2.30. The van der Waals surface area contributed by atoms with E-state index in [2.05, 4.69) is 12.2 Å². The highest BCUT2D eigenvalue weighted by Crippen LogP contribution is 2.26. The molecule has 0 aliphatic carbocycles. The van der Waals surface area contributed by atoms with Gasteiger partial charge in [0.05, 0.1) is 0 Å². The van der Waals surface area contributed by atoms with Gasteiger partial charge >= 0.3 is 0 Å². The van der Waals surface area contributed by atoms with Crippen molar-refractivity contribution < 1.29 is 4.39 Å². The summed E-state index contributed by atoms with van der Waals surface area (Å²) in [6.45, 7) is 3.86. The lowest BCUT2D eigenvalue weighted by Crippen LogP contribution is -2.14.